The van der Waals surface area contributed by atoms with E-state index in [4.69, 9.17) is 10.5 Å². The van der Waals surface area contributed by atoms with Gasteiger partial charge >= 0.3 is 0 Å². The van der Waals surface area contributed by atoms with E-state index < -0.39 is 0 Å². The van der Waals surface area contributed by atoms with E-state index in [1.54, 1.807) is 18.4 Å². The summed E-state index contributed by atoms with van der Waals surface area (Å²) >= 11 is 5.05. The molecular weight excluding hydrogens is 238 g/mol. The van der Waals surface area contributed by atoms with Crippen molar-refractivity contribution >= 4 is 27.3 Å². The van der Waals surface area contributed by atoms with E-state index in [0.29, 0.717) is 6.54 Å². The molecule has 0 amide bonds. The number of thiophene rings is 1. The van der Waals surface area contributed by atoms with Crippen LogP contribution in [-0.4, -0.2) is 13.7 Å². The second-order valence-corrected chi connectivity index (χ2v) is 5.07. The van der Waals surface area contributed by atoms with Crippen molar-refractivity contribution in [3.8, 4) is 0 Å². The summed E-state index contributed by atoms with van der Waals surface area (Å²) in [6.45, 7) is 2.48. The highest BCUT2D eigenvalue weighted by molar-refractivity contribution is 9.11. The second-order valence-electron chi connectivity index (χ2n) is 2.78. The third kappa shape index (κ3) is 1.88. The summed E-state index contributed by atoms with van der Waals surface area (Å²) in [7, 11) is 1.68. The Labute approximate surface area is 84.9 Å². The molecule has 1 aromatic rings. The van der Waals surface area contributed by atoms with Gasteiger partial charge in [0.15, 0.2) is 0 Å². The van der Waals surface area contributed by atoms with Crippen LogP contribution in [0.1, 0.15) is 12.5 Å². The maximum atomic E-state index is 5.62. The lowest BCUT2D eigenvalue weighted by molar-refractivity contribution is 0.0104. The van der Waals surface area contributed by atoms with Crippen LogP contribution in [-0.2, 0) is 10.3 Å². The van der Waals surface area contributed by atoms with Crippen LogP contribution >= 0.6 is 27.3 Å². The van der Waals surface area contributed by atoms with Crippen molar-refractivity contribution in [1.29, 1.82) is 0 Å². The van der Waals surface area contributed by atoms with E-state index in [-0.39, 0.29) is 5.60 Å². The molecule has 4 heteroatoms. The van der Waals surface area contributed by atoms with E-state index in [1.807, 2.05) is 13.0 Å². The van der Waals surface area contributed by atoms with Crippen LogP contribution in [0.25, 0.3) is 0 Å². The van der Waals surface area contributed by atoms with E-state index in [9.17, 15) is 0 Å². The van der Waals surface area contributed by atoms with Crippen LogP contribution in [0.2, 0.25) is 0 Å². The number of hydrogen-bond acceptors (Lipinski definition) is 3. The van der Waals surface area contributed by atoms with Gasteiger partial charge in [0.1, 0.15) is 5.60 Å². The lowest BCUT2D eigenvalue weighted by Crippen LogP contribution is -2.33. The van der Waals surface area contributed by atoms with Gasteiger partial charge in [-0.05, 0) is 39.9 Å². The molecule has 0 fully saturated rings. The number of methoxy groups -OCH3 is 1. The summed E-state index contributed by atoms with van der Waals surface area (Å²) in [5.74, 6) is 0. The molecule has 0 spiro atoms. The third-order valence-corrected chi connectivity index (χ3v) is 3.52. The Morgan fingerprint density at radius 3 is 2.75 bits per heavy atom. The maximum Gasteiger partial charge on any atom is 0.103 e. The number of nitrogens with two attached hydrogens (primary N) is 1. The van der Waals surface area contributed by atoms with Crippen LogP contribution in [0.3, 0.4) is 0 Å². The predicted octanol–water partition coefficient (Wildman–Crippen LogP) is 2.33. The highest BCUT2D eigenvalue weighted by Gasteiger charge is 2.25. The van der Waals surface area contributed by atoms with Gasteiger partial charge in [0.2, 0.25) is 0 Å². The summed E-state index contributed by atoms with van der Waals surface area (Å²) in [5.41, 5.74) is 6.41. The SMILES string of the molecule is COC(C)(CN)c1csc(Br)c1. The van der Waals surface area contributed by atoms with Crippen molar-refractivity contribution in [2.45, 2.75) is 12.5 Å². The summed E-state index contributed by atoms with van der Waals surface area (Å²) in [5, 5.41) is 2.06. The standard InChI is InChI=1S/C8H12BrNOS/c1-8(5-10,11-2)6-3-7(9)12-4-6/h3-4H,5,10H2,1-2H3. The largest absolute Gasteiger partial charge is 0.372 e. The van der Waals surface area contributed by atoms with E-state index in [2.05, 4.69) is 21.3 Å². The molecule has 0 aliphatic heterocycles. The molecule has 2 N–H and O–H groups in total. The molecule has 2 nitrogen and oxygen atoms in total. The molecule has 0 bridgehead atoms. The fourth-order valence-electron chi connectivity index (χ4n) is 0.906. The maximum absolute atomic E-state index is 5.62. The monoisotopic (exact) mass is 249 g/mol. The first kappa shape index (κ1) is 10.2. The first-order chi connectivity index (χ1) is 5.62. The lowest BCUT2D eigenvalue weighted by Gasteiger charge is -2.25. The Hall–Kier alpha value is 0.100. The van der Waals surface area contributed by atoms with E-state index in [1.165, 1.54) is 0 Å². The summed E-state index contributed by atoms with van der Waals surface area (Å²) in [6, 6.07) is 2.04. The molecule has 12 heavy (non-hydrogen) atoms. The molecule has 0 aromatic carbocycles. The molecular formula is C8H12BrNOS. The zero-order valence-corrected chi connectivity index (χ0v) is 9.54. The first-order valence-electron chi connectivity index (χ1n) is 3.62. The Morgan fingerprint density at radius 2 is 2.42 bits per heavy atom. The number of ether oxygens (including phenoxy) is 1. The van der Waals surface area contributed by atoms with Crippen LogP contribution in [0.5, 0.6) is 0 Å². The highest BCUT2D eigenvalue weighted by atomic mass is 79.9. The van der Waals surface area contributed by atoms with Gasteiger partial charge in [0.25, 0.3) is 0 Å². The van der Waals surface area contributed by atoms with Crippen LogP contribution in [0.15, 0.2) is 15.2 Å². The van der Waals surface area contributed by atoms with Crippen molar-refractivity contribution in [1.82, 2.24) is 0 Å². The van der Waals surface area contributed by atoms with Gasteiger partial charge < -0.3 is 10.5 Å². The van der Waals surface area contributed by atoms with Crippen LogP contribution in [0.4, 0.5) is 0 Å². The van der Waals surface area contributed by atoms with Crippen molar-refractivity contribution in [3.05, 3.63) is 20.8 Å². The van der Waals surface area contributed by atoms with Gasteiger partial charge in [-0.1, -0.05) is 0 Å². The quantitative estimate of drug-likeness (QED) is 0.893. The van der Waals surface area contributed by atoms with Gasteiger partial charge in [0.05, 0.1) is 3.79 Å². The summed E-state index contributed by atoms with van der Waals surface area (Å²) < 4.78 is 6.45. The van der Waals surface area contributed by atoms with Crippen molar-refractivity contribution in [2.24, 2.45) is 5.73 Å². The second kappa shape index (κ2) is 3.87. The van der Waals surface area contributed by atoms with E-state index >= 15 is 0 Å². The highest BCUT2D eigenvalue weighted by Crippen LogP contribution is 2.30. The first-order valence-corrected chi connectivity index (χ1v) is 5.29. The Kier molecular flexibility index (Phi) is 3.29. The number of halogens is 1. The third-order valence-electron chi connectivity index (χ3n) is 2.02. The average Bonchev–Trinajstić information content (AvgIpc) is 2.51. The number of hydrogen-bond donors (Lipinski definition) is 1. The molecule has 1 atom stereocenters. The fraction of sp³-hybridized carbons (Fsp3) is 0.500. The molecule has 0 saturated carbocycles. The minimum atomic E-state index is -0.345. The lowest BCUT2D eigenvalue weighted by atomic mass is 9.99. The molecule has 0 saturated heterocycles. The number of rotatable bonds is 3. The summed E-state index contributed by atoms with van der Waals surface area (Å²) in [4.78, 5) is 0. The van der Waals surface area contributed by atoms with Gasteiger partial charge in [0, 0.05) is 13.7 Å². The zero-order chi connectivity index (χ0) is 9.19. The fourth-order valence-corrected chi connectivity index (χ4v) is 2.19. The van der Waals surface area contributed by atoms with Gasteiger partial charge in [-0.15, -0.1) is 11.3 Å². The Bertz CT molecular complexity index is 257. The molecule has 0 radical (unpaired) electrons. The van der Waals surface area contributed by atoms with Crippen LogP contribution < -0.4 is 5.73 Å². The minimum Gasteiger partial charge on any atom is -0.372 e. The molecule has 0 aliphatic rings. The summed E-state index contributed by atoms with van der Waals surface area (Å²) in [6.07, 6.45) is 0. The van der Waals surface area contributed by atoms with Crippen molar-refractivity contribution < 1.29 is 4.74 Å². The van der Waals surface area contributed by atoms with Crippen LogP contribution in [0, 0.1) is 0 Å². The van der Waals surface area contributed by atoms with Gasteiger partial charge in [-0.2, -0.15) is 0 Å². The van der Waals surface area contributed by atoms with Gasteiger partial charge in [-0.25, -0.2) is 0 Å². The molecule has 1 unspecified atom stereocenters. The van der Waals surface area contributed by atoms with Gasteiger partial charge in [-0.3, -0.25) is 0 Å². The Balaban J connectivity index is 2.94. The molecule has 0 aliphatic carbocycles. The van der Waals surface area contributed by atoms with E-state index in [0.717, 1.165) is 9.35 Å². The Morgan fingerprint density at radius 1 is 1.75 bits per heavy atom. The molecule has 68 valence electrons. The zero-order valence-electron chi connectivity index (χ0n) is 7.13. The minimum absolute atomic E-state index is 0.345. The average molecular weight is 250 g/mol. The predicted molar refractivity (Wildman–Crippen MR) is 55.4 cm³/mol. The molecule has 1 heterocycles. The topological polar surface area (TPSA) is 35.2 Å². The van der Waals surface area contributed by atoms with Crippen molar-refractivity contribution in [2.75, 3.05) is 13.7 Å². The normalized spacial score (nSPS) is 16.0. The molecule has 1 aromatic heterocycles. The smallest absolute Gasteiger partial charge is 0.103 e. The van der Waals surface area contributed by atoms with Crippen molar-refractivity contribution in [3.63, 3.8) is 0 Å². The molecule has 1 rings (SSSR count).